The van der Waals surface area contributed by atoms with Gasteiger partial charge in [-0.05, 0) is 11.8 Å². The SMILES string of the molecule is CC(C)C(C)CNc1ncc(F)cc1F. The lowest BCUT2D eigenvalue weighted by Crippen LogP contribution is -2.17. The van der Waals surface area contributed by atoms with Crippen molar-refractivity contribution in [2.45, 2.75) is 20.8 Å². The first-order valence-corrected chi connectivity index (χ1v) is 5.05. The predicted octanol–water partition coefficient (Wildman–Crippen LogP) is 3.06. The lowest BCUT2D eigenvalue weighted by atomic mass is 9.98. The highest BCUT2D eigenvalue weighted by Crippen LogP contribution is 2.14. The molecule has 0 fully saturated rings. The molecule has 1 rings (SSSR count). The van der Waals surface area contributed by atoms with E-state index in [0.717, 1.165) is 12.3 Å². The van der Waals surface area contributed by atoms with Crippen LogP contribution in [0.2, 0.25) is 0 Å². The molecular weight excluding hydrogens is 198 g/mol. The molecule has 1 unspecified atom stereocenters. The van der Waals surface area contributed by atoms with Crippen molar-refractivity contribution in [1.29, 1.82) is 0 Å². The Hall–Kier alpha value is -1.19. The summed E-state index contributed by atoms with van der Waals surface area (Å²) in [5, 5.41) is 2.87. The third-order valence-corrected chi connectivity index (χ3v) is 2.54. The van der Waals surface area contributed by atoms with Crippen LogP contribution in [0.4, 0.5) is 14.6 Å². The Morgan fingerprint density at radius 2 is 2.00 bits per heavy atom. The second kappa shape index (κ2) is 5.05. The molecule has 0 aliphatic heterocycles. The fraction of sp³-hybridized carbons (Fsp3) is 0.545. The average Bonchev–Trinajstić information content (AvgIpc) is 2.15. The zero-order valence-electron chi connectivity index (χ0n) is 9.22. The van der Waals surface area contributed by atoms with Gasteiger partial charge in [-0.15, -0.1) is 0 Å². The lowest BCUT2D eigenvalue weighted by molar-refractivity contribution is 0.438. The summed E-state index contributed by atoms with van der Waals surface area (Å²) in [6, 6.07) is 0.829. The smallest absolute Gasteiger partial charge is 0.168 e. The molecule has 0 radical (unpaired) electrons. The average molecular weight is 214 g/mol. The molecule has 0 bridgehead atoms. The largest absolute Gasteiger partial charge is 0.367 e. The molecule has 1 atom stereocenters. The van der Waals surface area contributed by atoms with Gasteiger partial charge in [-0.2, -0.15) is 0 Å². The first kappa shape index (κ1) is 11.9. The van der Waals surface area contributed by atoms with Crippen molar-refractivity contribution >= 4 is 5.82 Å². The number of halogens is 2. The number of rotatable bonds is 4. The molecule has 0 spiro atoms. The molecule has 4 heteroatoms. The summed E-state index contributed by atoms with van der Waals surface area (Å²) in [6.07, 6.45) is 1.01. The van der Waals surface area contributed by atoms with Crippen LogP contribution in [0, 0.1) is 23.5 Å². The summed E-state index contributed by atoms with van der Waals surface area (Å²) in [7, 11) is 0. The number of nitrogens with zero attached hydrogens (tertiary/aromatic N) is 1. The summed E-state index contributed by atoms with van der Waals surface area (Å²) >= 11 is 0. The van der Waals surface area contributed by atoms with Crippen LogP contribution < -0.4 is 5.32 Å². The highest BCUT2D eigenvalue weighted by atomic mass is 19.1. The van der Waals surface area contributed by atoms with E-state index >= 15 is 0 Å². The maximum Gasteiger partial charge on any atom is 0.168 e. The quantitative estimate of drug-likeness (QED) is 0.833. The van der Waals surface area contributed by atoms with Crippen molar-refractivity contribution in [1.82, 2.24) is 4.98 Å². The zero-order chi connectivity index (χ0) is 11.4. The normalized spacial score (nSPS) is 12.9. The predicted molar refractivity (Wildman–Crippen MR) is 56.6 cm³/mol. The highest BCUT2D eigenvalue weighted by molar-refractivity contribution is 5.35. The molecule has 0 aromatic carbocycles. The minimum atomic E-state index is -0.657. The van der Waals surface area contributed by atoms with Gasteiger partial charge in [-0.3, -0.25) is 0 Å². The molecule has 0 aliphatic carbocycles. The number of anilines is 1. The van der Waals surface area contributed by atoms with Crippen molar-refractivity contribution in [3.05, 3.63) is 23.9 Å². The van der Waals surface area contributed by atoms with E-state index in [0.29, 0.717) is 18.4 Å². The fourth-order valence-corrected chi connectivity index (χ4v) is 1.04. The standard InChI is InChI=1S/C11H16F2N2/c1-7(2)8(3)5-14-11-10(13)4-9(12)6-15-11/h4,6-8H,5H2,1-3H3,(H,14,15). The number of nitrogens with one attached hydrogen (secondary N) is 1. The van der Waals surface area contributed by atoms with Crippen LogP contribution in [0.5, 0.6) is 0 Å². The summed E-state index contributed by atoms with van der Waals surface area (Å²) in [6.45, 7) is 6.90. The molecular formula is C11H16F2N2. The van der Waals surface area contributed by atoms with Gasteiger partial charge in [-0.25, -0.2) is 13.8 Å². The van der Waals surface area contributed by atoms with Crippen LogP contribution in [-0.2, 0) is 0 Å². The first-order chi connectivity index (χ1) is 7.00. The van der Waals surface area contributed by atoms with Crippen molar-refractivity contribution in [2.24, 2.45) is 11.8 Å². The van der Waals surface area contributed by atoms with Crippen molar-refractivity contribution < 1.29 is 8.78 Å². The van der Waals surface area contributed by atoms with Gasteiger partial charge in [0, 0.05) is 12.6 Å². The van der Waals surface area contributed by atoms with E-state index in [1.165, 1.54) is 0 Å². The number of pyridine rings is 1. The van der Waals surface area contributed by atoms with Crippen molar-refractivity contribution in [3.8, 4) is 0 Å². The summed E-state index contributed by atoms with van der Waals surface area (Å²) in [5.74, 6) is -0.262. The van der Waals surface area contributed by atoms with Gasteiger partial charge in [0.05, 0.1) is 6.20 Å². The molecule has 0 saturated heterocycles. The Balaban J connectivity index is 2.58. The first-order valence-electron chi connectivity index (χ1n) is 5.05. The van der Waals surface area contributed by atoms with E-state index in [4.69, 9.17) is 0 Å². The van der Waals surface area contributed by atoms with Crippen molar-refractivity contribution in [3.63, 3.8) is 0 Å². The Morgan fingerprint density at radius 3 is 2.53 bits per heavy atom. The van der Waals surface area contributed by atoms with E-state index in [9.17, 15) is 8.78 Å². The minimum absolute atomic E-state index is 0.115. The maximum atomic E-state index is 13.1. The summed E-state index contributed by atoms with van der Waals surface area (Å²) in [4.78, 5) is 3.65. The van der Waals surface area contributed by atoms with Gasteiger partial charge >= 0.3 is 0 Å². The summed E-state index contributed by atoms with van der Waals surface area (Å²) in [5.41, 5.74) is 0. The Kier molecular flexibility index (Phi) is 4.00. The Bertz CT molecular complexity index is 326. The monoisotopic (exact) mass is 214 g/mol. The van der Waals surface area contributed by atoms with E-state index < -0.39 is 11.6 Å². The Labute approximate surface area is 88.7 Å². The van der Waals surface area contributed by atoms with Gasteiger partial charge in [0.15, 0.2) is 11.6 Å². The van der Waals surface area contributed by atoms with Crippen LogP contribution in [-0.4, -0.2) is 11.5 Å². The van der Waals surface area contributed by atoms with E-state index in [1.54, 1.807) is 0 Å². The van der Waals surface area contributed by atoms with Crippen LogP contribution >= 0.6 is 0 Å². The molecule has 0 saturated carbocycles. The third kappa shape index (κ3) is 3.46. The molecule has 15 heavy (non-hydrogen) atoms. The molecule has 1 aromatic heterocycles. The van der Waals surface area contributed by atoms with Gasteiger partial charge < -0.3 is 5.32 Å². The lowest BCUT2D eigenvalue weighted by Gasteiger charge is -2.16. The molecule has 0 aliphatic rings. The molecule has 84 valence electrons. The molecule has 1 heterocycles. The maximum absolute atomic E-state index is 13.1. The Morgan fingerprint density at radius 1 is 1.33 bits per heavy atom. The van der Waals surface area contributed by atoms with Gasteiger partial charge in [0.1, 0.15) is 5.82 Å². The zero-order valence-corrected chi connectivity index (χ0v) is 9.22. The van der Waals surface area contributed by atoms with Crippen LogP contribution in [0.15, 0.2) is 12.3 Å². The van der Waals surface area contributed by atoms with Crippen molar-refractivity contribution in [2.75, 3.05) is 11.9 Å². The minimum Gasteiger partial charge on any atom is -0.367 e. The second-order valence-electron chi connectivity index (χ2n) is 4.09. The van der Waals surface area contributed by atoms with E-state index in [1.807, 2.05) is 0 Å². The number of aromatic nitrogens is 1. The molecule has 1 N–H and O–H groups in total. The van der Waals surface area contributed by atoms with E-state index in [-0.39, 0.29) is 5.82 Å². The van der Waals surface area contributed by atoms with Gasteiger partial charge in [0.2, 0.25) is 0 Å². The molecule has 0 amide bonds. The summed E-state index contributed by atoms with van der Waals surface area (Å²) < 4.78 is 25.7. The second-order valence-corrected chi connectivity index (χ2v) is 4.09. The molecule has 2 nitrogen and oxygen atoms in total. The van der Waals surface area contributed by atoms with E-state index in [2.05, 4.69) is 31.1 Å². The third-order valence-electron chi connectivity index (χ3n) is 2.54. The fourth-order valence-electron chi connectivity index (χ4n) is 1.04. The van der Waals surface area contributed by atoms with Gasteiger partial charge in [0.25, 0.3) is 0 Å². The van der Waals surface area contributed by atoms with Crippen LogP contribution in [0.25, 0.3) is 0 Å². The number of hydrogen-bond acceptors (Lipinski definition) is 2. The van der Waals surface area contributed by atoms with Crippen LogP contribution in [0.3, 0.4) is 0 Å². The topological polar surface area (TPSA) is 24.9 Å². The van der Waals surface area contributed by atoms with Gasteiger partial charge in [-0.1, -0.05) is 20.8 Å². The number of hydrogen-bond donors (Lipinski definition) is 1. The van der Waals surface area contributed by atoms with Crippen LogP contribution in [0.1, 0.15) is 20.8 Å². The highest BCUT2D eigenvalue weighted by Gasteiger charge is 2.09. The molecule has 1 aromatic rings.